The highest BCUT2D eigenvalue weighted by Gasteiger charge is 2.36. The van der Waals surface area contributed by atoms with E-state index >= 15 is 0 Å². The predicted octanol–water partition coefficient (Wildman–Crippen LogP) is 4.10. The van der Waals surface area contributed by atoms with Crippen LogP contribution in [-0.4, -0.2) is 18.2 Å². The molecule has 2 saturated carbocycles. The number of benzene rings is 1. The molecular weight excluding hydrogens is 312 g/mol. The number of rotatable bonds is 6. The molecule has 0 radical (unpaired) electrons. The number of hydrogen-bond donors (Lipinski definition) is 1. The second-order valence-electron chi connectivity index (χ2n) is 6.58. The number of hydrazone groups is 1. The Labute approximate surface area is 142 Å². The maximum atomic E-state index is 11.8. The summed E-state index contributed by atoms with van der Waals surface area (Å²) in [7, 11) is 0. The van der Waals surface area contributed by atoms with Gasteiger partial charge in [-0.2, -0.15) is 5.10 Å². The number of hydrogen-bond acceptors (Lipinski definition) is 3. The van der Waals surface area contributed by atoms with E-state index in [2.05, 4.69) is 10.5 Å². The number of carbonyl (C=O) groups excluding carboxylic acids is 1. The molecule has 2 fully saturated rings. The number of amides is 1. The zero-order valence-electron chi connectivity index (χ0n) is 13.5. The van der Waals surface area contributed by atoms with Crippen molar-refractivity contribution in [1.29, 1.82) is 0 Å². The van der Waals surface area contributed by atoms with Crippen LogP contribution < -0.4 is 10.2 Å². The highest BCUT2D eigenvalue weighted by molar-refractivity contribution is 6.30. The third-order valence-electron chi connectivity index (χ3n) is 4.78. The molecule has 2 bridgehead atoms. The molecule has 2 aliphatic rings. The van der Waals surface area contributed by atoms with Crippen LogP contribution in [0.15, 0.2) is 23.3 Å². The average molecular weight is 335 g/mol. The Morgan fingerprint density at radius 2 is 2.30 bits per heavy atom. The SMILES string of the molecule is Cc1cc(Cl)ccc1OCCCC(=O)NN=C1CC2CCC1C2. The Kier molecular flexibility index (Phi) is 5.21. The molecule has 124 valence electrons. The third kappa shape index (κ3) is 4.25. The topological polar surface area (TPSA) is 50.7 Å². The van der Waals surface area contributed by atoms with E-state index in [9.17, 15) is 4.79 Å². The van der Waals surface area contributed by atoms with Gasteiger partial charge in [0.05, 0.1) is 6.61 Å². The molecule has 23 heavy (non-hydrogen) atoms. The van der Waals surface area contributed by atoms with Gasteiger partial charge in [0.25, 0.3) is 0 Å². The normalized spacial score (nSPS) is 24.2. The van der Waals surface area contributed by atoms with Gasteiger partial charge < -0.3 is 4.74 Å². The first kappa shape index (κ1) is 16.3. The molecule has 0 aromatic heterocycles. The maximum Gasteiger partial charge on any atom is 0.240 e. The van der Waals surface area contributed by atoms with Crippen LogP contribution in [0.25, 0.3) is 0 Å². The summed E-state index contributed by atoms with van der Waals surface area (Å²) < 4.78 is 5.69. The van der Waals surface area contributed by atoms with E-state index in [0.717, 1.165) is 23.7 Å². The highest BCUT2D eigenvalue weighted by Crippen LogP contribution is 2.42. The van der Waals surface area contributed by atoms with Crippen molar-refractivity contribution < 1.29 is 9.53 Å². The molecule has 2 aliphatic carbocycles. The Hall–Kier alpha value is -1.55. The Balaban J connectivity index is 1.36. The number of fused-ring (bicyclic) bond motifs is 2. The molecule has 2 atom stereocenters. The second kappa shape index (κ2) is 7.35. The second-order valence-corrected chi connectivity index (χ2v) is 7.02. The molecule has 4 nitrogen and oxygen atoms in total. The van der Waals surface area contributed by atoms with Gasteiger partial charge in [-0.1, -0.05) is 11.6 Å². The van der Waals surface area contributed by atoms with Crippen LogP contribution in [0.3, 0.4) is 0 Å². The van der Waals surface area contributed by atoms with Crippen molar-refractivity contribution in [2.24, 2.45) is 16.9 Å². The maximum absolute atomic E-state index is 11.8. The van der Waals surface area contributed by atoms with Gasteiger partial charge in [0.1, 0.15) is 5.75 Å². The van der Waals surface area contributed by atoms with Crippen molar-refractivity contribution in [2.75, 3.05) is 6.61 Å². The largest absolute Gasteiger partial charge is 0.493 e. The van der Waals surface area contributed by atoms with Crippen molar-refractivity contribution in [2.45, 2.75) is 45.4 Å². The van der Waals surface area contributed by atoms with Gasteiger partial charge in [-0.15, -0.1) is 0 Å². The summed E-state index contributed by atoms with van der Waals surface area (Å²) in [5.41, 5.74) is 4.90. The van der Waals surface area contributed by atoms with Crippen LogP contribution in [-0.2, 0) is 4.79 Å². The number of ether oxygens (including phenoxy) is 1. The molecule has 1 amide bonds. The summed E-state index contributed by atoms with van der Waals surface area (Å²) in [6.45, 7) is 2.47. The summed E-state index contributed by atoms with van der Waals surface area (Å²) in [4.78, 5) is 11.8. The van der Waals surface area contributed by atoms with Crippen molar-refractivity contribution in [3.8, 4) is 5.75 Å². The summed E-state index contributed by atoms with van der Waals surface area (Å²) in [5, 5.41) is 5.03. The van der Waals surface area contributed by atoms with Gasteiger partial charge >= 0.3 is 0 Å². The van der Waals surface area contributed by atoms with E-state index in [0.29, 0.717) is 30.4 Å². The molecule has 1 aromatic carbocycles. The molecule has 3 rings (SSSR count). The Bertz CT molecular complexity index is 615. The summed E-state index contributed by atoms with van der Waals surface area (Å²) in [6.07, 6.45) is 6.02. The van der Waals surface area contributed by atoms with Gasteiger partial charge in [0.2, 0.25) is 5.91 Å². The van der Waals surface area contributed by atoms with Crippen LogP contribution in [0.1, 0.15) is 44.1 Å². The first-order valence-corrected chi connectivity index (χ1v) is 8.74. The number of carbonyl (C=O) groups is 1. The van der Waals surface area contributed by atoms with Crippen LogP contribution in [0.4, 0.5) is 0 Å². The number of aryl methyl sites for hydroxylation is 1. The zero-order chi connectivity index (χ0) is 16.2. The van der Waals surface area contributed by atoms with E-state index in [1.54, 1.807) is 0 Å². The Morgan fingerprint density at radius 1 is 1.43 bits per heavy atom. The van der Waals surface area contributed by atoms with Crippen molar-refractivity contribution >= 4 is 23.2 Å². The lowest BCUT2D eigenvalue weighted by Gasteiger charge is -2.12. The van der Waals surface area contributed by atoms with Gasteiger partial charge in [-0.05, 0) is 74.6 Å². The van der Waals surface area contributed by atoms with Gasteiger partial charge in [0.15, 0.2) is 0 Å². The molecule has 5 heteroatoms. The molecule has 0 saturated heterocycles. The van der Waals surface area contributed by atoms with Crippen LogP contribution in [0, 0.1) is 18.8 Å². The zero-order valence-corrected chi connectivity index (χ0v) is 14.2. The summed E-state index contributed by atoms with van der Waals surface area (Å²) in [5.74, 6) is 2.22. The number of nitrogens with one attached hydrogen (secondary N) is 1. The Morgan fingerprint density at radius 3 is 3.00 bits per heavy atom. The van der Waals surface area contributed by atoms with E-state index in [1.165, 1.54) is 25.0 Å². The minimum absolute atomic E-state index is 0.0308. The average Bonchev–Trinajstić information content (AvgIpc) is 3.14. The monoisotopic (exact) mass is 334 g/mol. The lowest BCUT2D eigenvalue weighted by atomic mass is 9.99. The fourth-order valence-electron chi connectivity index (χ4n) is 3.54. The fraction of sp³-hybridized carbons (Fsp3) is 0.556. The minimum Gasteiger partial charge on any atom is -0.493 e. The number of halogens is 1. The lowest BCUT2D eigenvalue weighted by Crippen LogP contribution is -2.22. The molecule has 0 aliphatic heterocycles. The molecular formula is C18H23ClN2O2. The molecule has 0 heterocycles. The van der Waals surface area contributed by atoms with E-state index in [1.807, 2.05) is 25.1 Å². The third-order valence-corrected chi connectivity index (χ3v) is 5.01. The minimum atomic E-state index is -0.0308. The first-order chi connectivity index (χ1) is 11.1. The van der Waals surface area contributed by atoms with Crippen LogP contribution in [0.2, 0.25) is 5.02 Å². The van der Waals surface area contributed by atoms with Gasteiger partial charge in [0, 0.05) is 17.2 Å². The molecule has 2 unspecified atom stereocenters. The van der Waals surface area contributed by atoms with Crippen LogP contribution in [0.5, 0.6) is 5.75 Å². The standard InChI is InChI=1S/C18H23ClN2O2/c1-12-9-15(19)6-7-17(12)23-8-2-3-18(22)21-20-16-11-13-4-5-14(16)10-13/h6-7,9,13-14H,2-5,8,10-11H2,1H3,(H,21,22). The van der Waals surface area contributed by atoms with Crippen LogP contribution >= 0.6 is 11.6 Å². The highest BCUT2D eigenvalue weighted by atomic mass is 35.5. The summed E-state index contributed by atoms with van der Waals surface area (Å²) >= 11 is 5.91. The van der Waals surface area contributed by atoms with Crippen molar-refractivity contribution in [1.82, 2.24) is 5.43 Å². The van der Waals surface area contributed by atoms with Crippen molar-refractivity contribution in [3.63, 3.8) is 0 Å². The van der Waals surface area contributed by atoms with Gasteiger partial charge in [-0.3, -0.25) is 4.79 Å². The van der Waals surface area contributed by atoms with E-state index in [-0.39, 0.29) is 5.91 Å². The smallest absolute Gasteiger partial charge is 0.240 e. The van der Waals surface area contributed by atoms with Crippen molar-refractivity contribution in [3.05, 3.63) is 28.8 Å². The molecule has 1 N–H and O–H groups in total. The fourth-order valence-corrected chi connectivity index (χ4v) is 3.77. The first-order valence-electron chi connectivity index (χ1n) is 8.36. The number of nitrogens with zero attached hydrogens (tertiary/aromatic N) is 1. The molecule has 0 spiro atoms. The molecule has 1 aromatic rings. The van der Waals surface area contributed by atoms with Gasteiger partial charge in [-0.25, -0.2) is 5.43 Å². The van der Waals surface area contributed by atoms with E-state index < -0.39 is 0 Å². The lowest BCUT2D eigenvalue weighted by molar-refractivity contribution is -0.121. The van der Waals surface area contributed by atoms with E-state index in [4.69, 9.17) is 16.3 Å². The predicted molar refractivity (Wildman–Crippen MR) is 91.9 cm³/mol. The summed E-state index contributed by atoms with van der Waals surface area (Å²) in [6, 6.07) is 5.54. The quantitative estimate of drug-likeness (QED) is 0.629.